The molecule has 2 rings (SSSR count). The highest BCUT2D eigenvalue weighted by atomic mass is 32.2. The number of hydrogen-bond donors (Lipinski definition) is 1. The van der Waals surface area contributed by atoms with E-state index in [1.807, 2.05) is 0 Å². The summed E-state index contributed by atoms with van der Waals surface area (Å²) >= 11 is 0. The molecule has 1 saturated carbocycles. The molecule has 6 nitrogen and oxygen atoms in total. The number of carbonyl (C=O) groups excluding carboxylic acids is 1. The van der Waals surface area contributed by atoms with Gasteiger partial charge in [0, 0.05) is 12.6 Å². The van der Waals surface area contributed by atoms with Gasteiger partial charge in [-0.2, -0.15) is 4.31 Å². The van der Waals surface area contributed by atoms with Crippen LogP contribution in [0.2, 0.25) is 0 Å². The average Bonchev–Trinajstić information content (AvgIpc) is 3.00. The van der Waals surface area contributed by atoms with E-state index in [0.29, 0.717) is 6.54 Å². The summed E-state index contributed by atoms with van der Waals surface area (Å²) < 4.78 is 29.7. The summed E-state index contributed by atoms with van der Waals surface area (Å²) in [5.74, 6) is -0.214. The molecule has 1 aliphatic heterocycles. The SMILES string of the molecule is CC1(C(=O)NC2CC2)CN(S(C)(=O)=O)CCO1. The maximum atomic E-state index is 12.0. The second-order valence-electron chi connectivity index (χ2n) is 4.92. The van der Waals surface area contributed by atoms with Crippen LogP contribution in [0.25, 0.3) is 0 Å². The van der Waals surface area contributed by atoms with E-state index in [2.05, 4.69) is 5.32 Å². The molecule has 1 atom stereocenters. The van der Waals surface area contributed by atoms with Gasteiger partial charge in [-0.1, -0.05) is 0 Å². The van der Waals surface area contributed by atoms with E-state index in [-0.39, 0.29) is 25.1 Å². The zero-order valence-electron chi connectivity index (χ0n) is 10.1. The van der Waals surface area contributed by atoms with Crippen LogP contribution in [-0.4, -0.2) is 56.2 Å². The smallest absolute Gasteiger partial charge is 0.253 e. The molecule has 0 aromatic rings. The Morgan fingerprint density at radius 1 is 1.47 bits per heavy atom. The molecule has 1 N–H and O–H groups in total. The number of sulfonamides is 1. The van der Waals surface area contributed by atoms with Gasteiger partial charge < -0.3 is 10.1 Å². The van der Waals surface area contributed by atoms with Gasteiger partial charge in [-0.3, -0.25) is 4.79 Å². The van der Waals surface area contributed by atoms with Crippen LogP contribution in [0.4, 0.5) is 0 Å². The molecule has 2 fully saturated rings. The van der Waals surface area contributed by atoms with Gasteiger partial charge in [0.15, 0.2) is 5.60 Å². The predicted molar refractivity (Wildman–Crippen MR) is 61.9 cm³/mol. The van der Waals surface area contributed by atoms with Crippen molar-refractivity contribution in [1.82, 2.24) is 9.62 Å². The number of rotatable bonds is 3. The van der Waals surface area contributed by atoms with Gasteiger partial charge in [-0.25, -0.2) is 8.42 Å². The van der Waals surface area contributed by atoms with Gasteiger partial charge in [-0.05, 0) is 19.8 Å². The fourth-order valence-corrected chi connectivity index (χ4v) is 2.71. The molecule has 0 bridgehead atoms. The van der Waals surface area contributed by atoms with E-state index in [4.69, 9.17) is 4.74 Å². The van der Waals surface area contributed by atoms with Crippen molar-refractivity contribution in [3.8, 4) is 0 Å². The zero-order valence-corrected chi connectivity index (χ0v) is 10.9. The van der Waals surface area contributed by atoms with Crippen molar-refractivity contribution in [2.24, 2.45) is 0 Å². The summed E-state index contributed by atoms with van der Waals surface area (Å²) in [7, 11) is -3.27. The van der Waals surface area contributed by atoms with Crippen molar-refractivity contribution >= 4 is 15.9 Å². The van der Waals surface area contributed by atoms with E-state index in [1.54, 1.807) is 6.92 Å². The van der Waals surface area contributed by atoms with Crippen LogP contribution in [0.5, 0.6) is 0 Å². The fraction of sp³-hybridized carbons (Fsp3) is 0.900. The summed E-state index contributed by atoms with van der Waals surface area (Å²) in [6.07, 6.45) is 3.15. The highest BCUT2D eigenvalue weighted by molar-refractivity contribution is 7.88. The lowest BCUT2D eigenvalue weighted by atomic mass is 10.0. The topological polar surface area (TPSA) is 75.7 Å². The largest absolute Gasteiger partial charge is 0.363 e. The Morgan fingerprint density at radius 2 is 2.12 bits per heavy atom. The van der Waals surface area contributed by atoms with Crippen LogP contribution in [0.15, 0.2) is 0 Å². The molecule has 1 saturated heterocycles. The lowest BCUT2D eigenvalue weighted by Crippen LogP contribution is -2.59. The number of nitrogens with zero attached hydrogens (tertiary/aromatic N) is 1. The van der Waals surface area contributed by atoms with Gasteiger partial charge >= 0.3 is 0 Å². The lowest BCUT2D eigenvalue weighted by Gasteiger charge is -2.37. The molecular weight excluding hydrogens is 244 g/mol. The van der Waals surface area contributed by atoms with Crippen molar-refractivity contribution in [3.05, 3.63) is 0 Å². The summed E-state index contributed by atoms with van der Waals surface area (Å²) in [4.78, 5) is 12.0. The molecule has 0 spiro atoms. The van der Waals surface area contributed by atoms with Crippen LogP contribution in [0, 0.1) is 0 Å². The summed E-state index contributed by atoms with van der Waals surface area (Å²) in [5, 5.41) is 2.85. The van der Waals surface area contributed by atoms with E-state index in [1.165, 1.54) is 4.31 Å². The Morgan fingerprint density at radius 3 is 2.65 bits per heavy atom. The van der Waals surface area contributed by atoms with Crippen LogP contribution in [0.3, 0.4) is 0 Å². The predicted octanol–water partition coefficient (Wildman–Crippen LogP) is -0.684. The summed E-state index contributed by atoms with van der Waals surface area (Å²) in [6.45, 7) is 2.29. The monoisotopic (exact) mass is 262 g/mol. The number of carbonyl (C=O) groups is 1. The second kappa shape index (κ2) is 4.22. The normalized spacial score (nSPS) is 31.2. The Labute approximate surface area is 101 Å². The lowest BCUT2D eigenvalue weighted by molar-refractivity contribution is -0.152. The molecule has 1 amide bonds. The van der Waals surface area contributed by atoms with Crippen molar-refractivity contribution in [2.45, 2.75) is 31.4 Å². The first-order valence-electron chi connectivity index (χ1n) is 5.71. The van der Waals surface area contributed by atoms with Gasteiger partial charge in [0.25, 0.3) is 5.91 Å². The van der Waals surface area contributed by atoms with Gasteiger partial charge in [0.1, 0.15) is 0 Å². The minimum Gasteiger partial charge on any atom is -0.363 e. The van der Waals surface area contributed by atoms with Crippen molar-refractivity contribution in [2.75, 3.05) is 26.0 Å². The molecule has 0 aromatic carbocycles. The van der Waals surface area contributed by atoms with Crippen LogP contribution < -0.4 is 5.32 Å². The molecule has 98 valence electrons. The number of ether oxygens (including phenoxy) is 1. The van der Waals surface area contributed by atoms with Gasteiger partial charge in [0.05, 0.1) is 19.4 Å². The Bertz CT molecular complexity index is 418. The van der Waals surface area contributed by atoms with Crippen molar-refractivity contribution in [3.63, 3.8) is 0 Å². The quantitative estimate of drug-likeness (QED) is 0.731. The first kappa shape index (κ1) is 12.8. The molecule has 1 heterocycles. The maximum Gasteiger partial charge on any atom is 0.253 e. The number of amides is 1. The highest BCUT2D eigenvalue weighted by Gasteiger charge is 2.43. The van der Waals surface area contributed by atoms with Crippen LogP contribution in [-0.2, 0) is 19.6 Å². The third-order valence-electron chi connectivity index (χ3n) is 3.10. The van der Waals surface area contributed by atoms with E-state index < -0.39 is 15.6 Å². The van der Waals surface area contributed by atoms with Gasteiger partial charge in [0.2, 0.25) is 10.0 Å². The maximum absolute atomic E-state index is 12.0. The minimum atomic E-state index is -3.27. The molecule has 7 heteroatoms. The highest BCUT2D eigenvalue weighted by Crippen LogP contribution is 2.24. The Kier molecular flexibility index (Phi) is 3.17. The zero-order chi connectivity index (χ0) is 12.7. The molecule has 1 aliphatic carbocycles. The fourth-order valence-electron chi connectivity index (χ4n) is 1.82. The first-order valence-corrected chi connectivity index (χ1v) is 7.56. The number of hydrogen-bond acceptors (Lipinski definition) is 4. The van der Waals surface area contributed by atoms with Gasteiger partial charge in [-0.15, -0.1) is 0 Å². The van der Waals surface area contributed by atoms with Crippen LogP contribution >= 0.6 is 0 Å². The molecule has 2 aliphatic rings. The van der Waals surface area contributed by atoms with E-state index in [0.717, 1.165) is 19.1 Å². The Hall–Kier alpha value is -0.660. The first-order chi connectivity index (χ1) is 7.81. The molecular formula is C10H18N2O4S. The number of nitrogens with one attached hydrogen (secondary N) is 1. The third kappa shape index (κ3) is 2.97. The summed E-state index contributed by atoms with van der Waals surface area (Å²) in [5.41, 5.74) is -1.07. The minimum absolute atomic E-state index is 0.0877. The second-order valence-corrected chi connectivity index (χ2v) is 6.91. The molecule has 0 aromatic heterocycles. The van der Waals surface area contributed by atoms with Crippen molar-refractivity contribution < 1.29 is 17.9 Å². The van der Waals surface area contributed by atoms with Crippen LogP contribution in [0.1, 0.15) is 19.8 Å². The third-order valence-corrected chi connectivity index (χ3v) is 4.35. The summed E-state index contributed by atoms with van der Waals surface area (Å²) in [6, 6.07) is 0.247. The standard InChI is InChI=1S/C10H18N2O4S/c1-10(9(13)11-8-3-4-8)7-12(5-6-16-10)17(2,14)15/h8H,3-7H2,1-2H3,(H,11,13). The molecule has 0 radical (unpaired) electrons. The van der Waals surface area contributed by atoms with E-state index >= 15 is 0 Å². The average molecular weight is 262 g/mol. The molecule has 17 heavy (non-hydrogen) atoms. The number of morpholine rings is 1. The Balaban J connectivity index is 2.05. The van der Waals surface area contributed by atoms with E-state index in [9.17, 15) is 13.2 Å². The van der Waals surface area contributed by atoms with Crippen molar-refractivity contribution in [1.29, 1.82) is 0 Å². The molecule has 1 unspecified atom stereocenters.